The van der Waals surface area contributed by atoms with Crippen molar-refractivity contribution in [1.82, 2.24) is 0 Å². The number of quaternary nitrogens is 1. The number of ketones is 1. The molecule has 1 heterocycles. The molecule has 0 unspecified atom stereocenters. The van der Waals surface area contributed by atoms with Gasteiger partial charge in [-0.1, -0.05) is 41.9 Å². The minimum atomic E-state index is 0.0571. The molecule has 0 spiro atoms. The van der Waals surface area contributed by atoms with Gasteiger partial charge in [0.05, 0.1) is 47.4 Å². The van der Waals surface area contributed by atoms with E-state index in [0.717, 1.165) is 58.9 Å². The molecule has 0 amide bonds. The summed E-state index contributed by atoms with van der Waals surface area (Å²) in [6.07, 6.45) is 2.60. The zero-order valence-corrected chi connectivity index (χ0v) is 21.8. The van der Waals surface area contributed by atoms with E-state index in [4.69, 9.17) is 21.1 Å². The fraction of sp³-hybridized carbons (Fsp3) is 0.300. The second-order valence-corrected chi connectivity index (χ2v) is 10.3. The number of piperazine rings is 1. The van der Waals surface area contributed by atoms with E-state index in [9.17, 15) is 4.79 Å². The summed E-state index contributed by atoms with van der Waals surface area (Å²) >= 11 is 6.41. The Kier molecular flexibility index (Phi) is 6.78. The summed E-state index contributed by atoms with van der Waals surface area (Å²) in [7, 11) is 5.51. The van der Waals surface area contributed by atoms with Crippen molar-refractivity contribution in [3.63, 3.8) is 0 Å². The van der Waals surface area contributed by atoms with Gasteiger partial charge < -0.3 is 18.9 Å². The van der Waals surface area contributed by atoms with Crippen LogP contribution in [0, 0.1) is 0 Å². The molecule has 0 saturated carbocycles. The van der Waals surface area contributed by atoms with Crippen LogP contribution >= 0.6 is 11.6 Å². The van der Waals surface area contributed by atoms with Crippen LogP contribution < -0.4 is 14.4 Å². The molecule has 0 atom stereocenters. The number of benzene rings is 3. The molecule has 2 aliphatic rings. The molecule has 1 aliphatic carbocycles. The van der Waals surface area contributed by atoms with Gasteiger partial charge in [0, 0.05) is 33.8 Å². The van der Waals surface area contributed by atoms with Gasteiger partial charge in [-0.2, -0.15) is 0 Å². The summed E-state index contributed by atoms with van der Waals surface area (Å²) in [5.41, 5.74) is 5.93. The number of nitrogens with zero attached hydrogens (tertiary/aromatic N) is 2. The predicted octanol–water partition coefficient (Wildman–Crippen LogP) is 5.65. The first-order chi connectivity index (χ1) is 17.4. The molecule has 0 aromatic heterocycles. The van der Waals surface area contributed by atoms with Crippen LogP contribution in [0.4, 0.5) is 5.69 Å². The maximum atomic E-state index is 13.0. The Hall–Kier alpha value is -3.28. The second kappa shape index (κ2) is 10.00. The topological polar surface area (TPSA) is 38.8 Å². The molecule has 1 fully saturated rings. The highest BCUT2D eigenvalue weighted by atomic mass is 35.5. The molecule has 186 valence electrons. The molecule has 0 bridgehead atoms. The Morgan fingerprint density at radius 1 is 0.972 bits per heavy atom. The summed E-state index contributed by atoms with van der Waals surface area (Å²) < 4.78 is 11.8. The fourth-order valence-electron chi connectivity index (χ4n) is 5.24. The number of Topliss-reactive ketones (excluding diaryl/α,β-unsaturated/α-hetero) is 1. The van der Waals surface area contributed by atoms with Crippen LogP contribution in [0.2, 0.25) is 5.02 Å². The third kappa shape index (κ3) is 4.86. The first-order valence-corrected chi connectivity index (χ1v) is 12.7. The first-order valence-electron chi connectivity index (χ1n) is 12.3. The molecule has 0 radical (unpaired) electrons. The van der Waals surface area contributed by atoms with Gasteiger partial charge in [-0.15, -0.1) is 0 Å². The minimum absolute atomic E-state index is 0.0571. The summed E-state index contributed by atoms with van der Waals surface area (Å²) in [5, 5.41) is 0.853. The van der Waals surface area contributed by atoms with E-state index in [1.54, 1.807) is 20.3 Å². The number of halogens is 1. The van der Waals surface area contributed by atoms with Crippen LogP contribution in [0.15, 0.2) is 66.2 Å². The number of allylic oxidation sites excluding steroid dienone is 1. The average Bonchev–Trinajstić information content (AvgIpc) is 3.19. The maximum Gasteiger partial charge on any atom is 0.189 e. The van der Waals surface area contributed by atoms with Crippen LogP contribution in [0.1, 0.15) is 27.0 Å². The number of ether oxygens (including phenoxy) is 2. The summed E-state index contributed by atoms with van der Waals surface area (Å²) in [6.45, 7) is 5.08. The van der Waals surface area contributed by atoms with Crippen LogP contribution in [-0.4, -0.2) is 57.7 Å². The van der Waals surface area contributed by atoms with Crippen LogP contribution in [-0.2, 0) is 13.0 Å². The number of carbonyl (C=O) groups excluding carboxylic acids is 1. The van der Waals surface area contributed by atoms with Crippen molar-refractivity contribution in [3.8, 4) is 11.5 Å². The number of likely N-dealkylation sites (N-methyl/N-ethyl adjacent to an activating group) is 1. The number of fused-ring (bicyclic) bond motifs is 1. The lowest BCUT2D eigenvalue weighted by molar-refractivity contribution is -0.923. The Morgan fingerprint density at radius 2 is 1.64 bits per heavy atom. The molecular weight excluding hydrogens is 472 g/mol. The van der Waals surface area contributed by atoms with E-state index in [-0.39, 0.29) is 5.78 Å². The third-order valence-electron chi connectivity index (χ3n) is 7.46. The molecule has 36 heavy (non-hydrogen) atoms. The van der Waals surface area contributed by atoms with E-state index in [1.807, 2.05) is 24.3 Å². The van der Waals surface area contributed by atoms with Gasteiger partial charge in [-0.3, -0.25) is 4.79 Å². The highest BCUT2D eigenvalue weighted by Gasteiger charge is 2.30. The molecule has 5 nitrogen and oxygen atoms in total. The van der Waals surface area contributed by atoms with Gasteiger partial charge in [0.2, 0.25) is 0 Å². The van der Waals surface area contributed by atoms with Gasteiger partial charge >= 0.3 is 0 Å². The molecule has 0 N–H and O–H groups in total. The number of hydrogen-bond acceptors (Lipinski definition) is 4. The van der Waals surface area contributed by atoms with E-state index in [2.05, 4.69) is 48.3 Å². The standard InChI is InChI=1S/C30H32ClN2O3/c1-33(20-22-6-4-5-7-27(22)31)14-12-32(13-15-33)25-10-8-21(9-11-25)16-24-17-23-18-28(35-2)29(36-3)19-26(23)30(24)34/h4-11,16,18-19H,12-15,17,20H2,1-3H3/q+1. The largest absolute Gasteiger partial charge is 0.493 e. The molecule has 6 heteroatoms. The van der Waals surface area contributed by atoms with Crippen molar-refractivity contribution < 1.29 is 18.8 Å². The monoisotopic (exact) mass is 503 g/mol. The SMILES string of the molecule is COc1cc2c(cc1OC)C(=O)C(=Cc1ccc(N3CC[N+](C)(Cc4ccccc4Cl)CC3)cc1)C2. The van der Waals surface area contributed by atoms with Crippen LogP contribution in [0.25, 0.3) is 6.08 Å². The number of methoxy groups -OCH3 is 2. The zero-order chi connectivity index (χ0) is 25.3. The van der Waals surface area contributed by atoms with Gasteiger partial charge in [0.1, 0.15) is 6.54 Å². The summed E-state index contributed by atoms with van der Waals surface area (Å²) in [6, 6.07) is 20.4. The Bertz CT molecular complexity index is 1310. The van der Waals surface area contributed by atoms with Crippen LogP contribution in [0.5, 0.6) is 11.5 Å². The second-order valence-electron chi connectivity index (χ2n) is 9.93. The third-order valence-corrected chi connectivity index (χ3v) is 7.82. The quantitative estimate of drug-likeness (QED) is 0.322. The predicted molar refractivity (Wildman–Crippen MR) is 145 cm³/mol. The van der Waals surface area contributed by atoms with Crippen molar-refractivity contribution in [2.24, 2.45) is 0 Å². The highest BCUT2D eigenvalue weighted by Crippen LogP contribution is 2.37. The smallest absolute Gasteiger partial charge is 0.189 e. The van der Waals surface area contributed by atoms with E-state index < -0.39 is 0 Å². The maximum absolute atomic E-state index is 13.0. The zero-order valence-electron chi connectivity index (χ0n) is 21.1. The van der Waals surface area contributed by atoms with Crippen molar-refractivity contribution in [3.05, 3.63) is 93.5 Å². The highest BCUT2D eigenvalue weighted by molar-refractivity contribution is 6.31. The lowest BCUT2D eigenvalue weighted by Crippen LogP contribution is -2.56. The van der Waals surface area contributed by atoms with E-state index in [0.29, 0.717) is 23.5 Å². The van der Waals surface area contributed by atoms with Crippen molar-refractivity contribution >= 4 is 29.1 Å². The van der Waals surface area contributed by atoms with Gasteiger partial charge in [-0.05, 0) is 47.5 Å². The van der Waals surface area contributed by atoms with Crippen molar-refractivity contribution in [2.45, 2.75) is 13.0 Å². The molecule has 1 aliphatic heterocycles. The van der Waals surface area contributed by atoms with Crippen molar-refractivity contribution in [2.75, 3.05) is 52.3 Å². The van der Waals surface area contributed by atoms with Crippen molar-refractivity contribution in [1.29, 1.82) is 0 Å². The lowest BCUT2D eigenvalue weighted by Gasteiger charge is -2.43. The lowest BCUT2D eigenvalue weighted by atomic mass is 10.1. The molecule has 3 aromatic rings. The Balaban J connectivity index is 1.25. The molecule has 1 saturated heterocycles. The number of rotatable bonds is 6. The van der Waals surface area contributed by atoms with E-state index >= 15 is 0 Å². The number of carbonyl (C=O) groups is 1. The molecular formula is C30H32ClN2O3+. The average molecular weight is 504 g/mol. The van der Waals surface area contributed by atoms with Gasteiger partial charge in [-0.25, -0.2) is 0 Å². The Labute approximate surface area is 218 Å². The minimum Gasteiger partial charge on any atom is -0.493 e. The first kappa shape index (κ1) is 24.4. The number of hydrogen-bond donors (Lipinski definition) is 0. The normalized spacial score (nSPS) is 17.8. The fourth-order valence-corrected chi connectivity index (χ4v) is 5.43. The number of anilines is 1. The summed E-state index contributed by atoms with van der Waals surface area (Å²) in [4.78, 5) is 15.5. The Morgan fingerprint density at radius 3 is 2.31 bits per heavy atom. The molecule has 5 rings (SSSR count). The van der Waals surface area contributed by atoms with Gasteiger partial charge in [0.15, 0.2) is 17.3 Å². The van der Waals surface area contributed by atoms with Crippen LogP contribution in [0.3, 0.4) is 0 Å². The summed E-state index contributed by atoms with van der Waals surface area (Å²) in [5.74, 6) is 1.29. The van der Waals surface area contributed by atoms with Gasteiger partial charge in [0.25, 0.3) is 0 Å². The molecule has 3 aromatic carbocycles. The van der Waals surface area contributed by atoms with E-state index in [1.165, 1.54) is 11.3 Å².